The Bertz CT molecular complexity index is 593. The second-order valence-corrected chi connectivity index (χ2v) is 5.42. The Morgan fingerprint density at radius 2 is 1.86 bits per heavy atom. The molecule has 0 atom stereocenters. The summed E-state index contributed by atoms with van der Waals surface area (Å²) in [5.74, 6) is 0.504. The fraction of sp³-hybridized carbons (Fsp3) is 0.533. The van der Waals surface area contributed by atoms with E-state index < -0.39 is 0 Å². The molecular weight excluding hydrogens is 288 g/mol. The highest BCUT2D eigenvalue weighted by atomic mass is 35.5. The topological polar surface area (TPSA) is 47.9 Å². The first-order valence-corrected chi connectivity index (χ1v) is 7.78. The molecule has 0 aromatic carbocycles. The largest absolute Gasteiger partial charge is 0.470 e. The normalized spacial score (nSPS) is 11.8. The van der Waals surface area contributed by atoms with Crippen LogP contribution in [-0.4, -0.2) is 52.5 Å². The number of rotatable bonds is 7. The van der Waals surface area contributed by atoms with Gasteiger partial charge < -0.3 is 9.22 Å². The predicted octanol–water partition coefficient (Wildman–Crippen LogP) is 2.93. The maximum atomic E-state index is 6.01. The molecule has 0 unspecified atom stereocenters. The lowest BCUT2D eigenvalue weighted by molar-refractivity contribution is -0.923. The molecule has 21 heavy (non-hydrogen) atoms. The zero-order valence-electron chi connectivity index (χ0n) is 12.8. The number of hydrogen-bond donors (Lipinski definition) is 0. The number of halogens is 1. The number of ether oxygens (including phenoxy) is 1. The van der Waals surface area contributed by atoms with Crippen molar-refractivity contribution in [3.63, 3.8) is 0 Å². The van der Waals surface area contributed by atoms with Crippen molar-refractivity contribution in [1.29, 1.82) is 0 Å². The number of quaternary nitrogens is 1. The molecule has 0 saturated carbocycles. The fourth-order valence-electron chi connectivity index (χ4n) is 2.52. The van der Waals surface area contributed by atoms with Gasteiger partial charge in [-0.05, 0) is 32.9 Å². The molecule has 0 amide bonds. The average molecular weight is 310 g/mol. The second kappa shape index (κ2) is 7.00. The minimum Gasteiger partial charge on any atom is -0.470 e. The Kier molecular flexibility index (Phi) is 5.31. The SMILES string of the molecule is CC[N+](CC)(CC)CCOc1nnc(Cl)c2ncccc12. The first-order valence-electron chi connectivity index (χ1n) is 7.40. The third-order valence-electron chi connectivity index (χ3n) is 4.28. The summed E-state index contributed by atoms with van der Waals surface area (Å²) in [5, 5.41) is 9.07. The van der Waals surface area contributed by atoms with Gasteiger partial charge in [-0.3, -0.25) is 4.98 Å². The third-order valence-corrected chi connectivity index (χ3v) is 4.53. The standard InChI is InChI=1S/C15H22ClN4O/c1-4-20(5-2,6-3)10-11-21-15-12-8-7-9-17-13(12)14(16)18-19-15/h7-9H,4-6,10-11H2,1-3H3/q+1. The van der Waals surface area contributed by atoms with Gasteiger partial charge in [-0.2, -0.15) is 0 Å². The lowest BCUT2D eigenvalue weighted by atomic mass is 10.3. The smallest absolute Gasteiger partial charge is 0.243 e. The number of nitrogens with zero attached hydrogens (tertiary/aromatic N) is 4. The van der Waals surface area contributed by atoms with Crippen LogP contribution in [0.25, 0.3) is 10.9 Å². The summed E-state index contributed by atoms with van der Waals surface area (Å²) < 4.78 is 6.89. The fourth-order valence-corrected chi connectivity index (χ4v) is 2.71. The van der Waals surface area contributed by atoms with E-state index in [9.17, 15) is 0 Å². The van der Waals surface area contributed by atoms with Gasteiger partial charge >= 0.3 is 0 Å². The van der Waals surface area contributed by atoms with Crippen molar-refractivity contribution in [2.24, 2.45) is 0 Å². The number of hydrogen-bond acceptors (Lipinski definition) is 4. The number of aromatic nitrogens is 3. The van der Waals surface area contributed by atoms with Gasteiger partial charge in [0.05, 0.1) is 25.0 Å². The summed E-state index contributed by atoms with van der Waals surface area (Å²) in [7, 11) is 0. The van der Waals surface area contributed by atoms with E-state index in [1.54, 1.807) is 6.20 Å². The van der Waals surface area contributed by atoms with E-state index in [1.807, 2.05) is 12.1 Å². The van der Waals surface area contributed by atoms with Gasteiger partial charge in [-0.25, -0.2) is 0 Å². The molecule has 2 aromatic rings. The van der Waals surface area contributed by atoms with E-state index in [0.717, 1.165) is 36.0 Å². The monoisotopic (exact) mass is 309 g/mol. The van der Waals surface area contributed by atoms with Gasteiger partial charge in [0.2, 0.25) is 5.88 Å². The Labute approximate surface area is 130 Å². The molecule has 2 rings (SSSR count). The van der Waals surface area contributed by atoms with Gasteiger partial charge in [-0.1, -0.05) is 11.6 Å². The molecule has 0 spiro atoms. The zero-order chi connectivity index (χ0) is 15.3. The van der Waals surface area contributed by atoms with Crippen LogP contribution in [0, 0.1) is 0 Å². The van der Waals surface area contributed by atoms with Crippen molar-refractivity contribution in [3.05, 3.63) is 23.5 Å². The molecule has 2 heterocycles. The average Bonchev–Trinajstić information content (AvgIpc) is 2.54. The Morgan fingerprint density at radius 1 is 1.14 bits per heavy atom. The summed E-state index contributed by atoms with van der Waals surface area (Å²) in [6.45, 7) is 11.5. The summed E-state index contributed by atoms with van der Waals surface area (Å²) in [5.41, 5.74) is 0.631. The Hall–Kier alpha value is -1.46. The Balaban J connectivity index is 2.13. The summed E-state index contributed by atoms with van der Waals surface area (Å²) >= 11 is 6.01. The van der Waals surface area contributed by atoms with E-state index >= 15 is 0 Å². The van der Waals surface area contributed by atoms with E-state index in [-0.39, 0.29) is 0 Å². The van der Waals surface area contributed by atoms with Crippen LogP contribution in [0.4, 0.5) is 0 Å². The van der Waals surface area contributed by atoms with Gasteiger partial charge in [0, 0.05) is 6.20 Å². The van der Waals surface area contributed by atoms with E-state index in [2.05, 4.69) is 36.0 Å². The first-order chi connectivity index (χ1) is 10.2. The molecule has 0 aliphatic carbocycles. The molecule has 0 radical (unpaired) electrons. The third kappa shape index (κ3) is 3.41. The highest BCUT2D eigenvalue weighted by Crippen LogP contribution is 2.25. The van der Waals surface area contributed by atoms with Crippen LogP contribution in [0.3, 0.4) is 0 Å². The van der Waals surface area contributed by atoms with Crippen molar-refractivity contribution in [3.8, 4) is 5.88 Å². The number of pyridine rings is 1. The molecular formula is C15H22ClN4O+. The van der Waals surface area contributed by atoms with Crippen LogP contribution in [0.2, 0.25) is 5.15 Å². The van der Waals surface area contributed by atoms with Crippen molar-refractivity contribution in [2.45, 2.75) is 20.8 Å². The van der Waals surface area contributed by atoms with Crippen LogP contribution >= 0.6 is 11.6 Å². The Morgan fingerprint density at radius 3 is 2.52 bits per heavy atom. The molecule has 0 fully saturated rings. The van der Waals surface area contributed by atoms with Crippen molar-refractivity contribution in [2.75, 3.05) is 32.8 Å². The predicted molar refractivity (Wildman–Crippen MR) is 84.6 cm³/mol. The van der Waals surface area contributed by atoms with Crippen LogP contribution < -0.4 is 4.74 Å². The molecule has 0 aliphatic rings. The van der Waals surface area contributed by atoms with Crippen molar-refractivity contribution >= 4 is 22.5 Å². The summed E-state index contributed by atoms with van der Waals surface area (Å²) in [6, 6.07) is 3.75. The van der Waals surface area contributed by atoms with Crippen LogP contribution in [0.15, 0.2) is 18.3 Å². The minimum absolute atomic E-state index is 0.304. The molecule has 0 N–H and O–H groups in total. The van der Waals surface area contributed by atoms with Crippen LogP contribution in [0.1, 0.15) is 20.8 Å². The van der Waals surface area contributed by atoms with E-state index in [4.69, 9.17) is 16.3 Å². The van der Waals surface area contributed by atoms with Gasteiger partial charge in [0.15, 0.2) is 5.15 Å². The summed E-state index contributed by atoms with van der Waals surface area (Å²) in [4.78, 5) is 4.23. The maximum absolute atomic E-state index is 6.01. The van der Waals surface area contributed by atoms with Gasteiger partial charge in [0.25, 0.3) is 0 Å². The molecule has 5 nitrogen and oxygen atoms in total. The molecule has 0 bridgehead atoms. The summed E-state index contributed by atoms with van der Waals surface area (Å²) in [6.07, 6.45) is 1.69. The van der Waals surface area contributed by atoms with Crippen molar-refractivity contribution < 1.29 is 9.22 Å². The highest BCUT2D eigenvalue weighted by molar-refractivity contribution is 6.33. The number of likely N-dealkylation sites (N-methyl/N-ethyl adjacent to an activating group) is 1. The molecule has 0 saturated heterocycles. The zero-order valence-corrected chi connectivity index (χ0v) is 13.6. The molecule has 2 aromatic heterocycles. The van der Waals surface area contributed by atoms with Gasteiger partial charge in [0.1, 0.15) is 18.7 Å². The quantitative estimate of drug-likeness (QED) is 0.738. The lowest BCUT2D eigenvalue weighted by Crippen LogP contribution is -2.49. The maximum Gasteiger partial charge on any atom is 0.243 e. The lowest BCUT2D eigenvalue weighted by Gasteiger charge is -2.35. The van der Waals surface area contributed by atoms with Crippen molar-refractivity contribution in [1.82, 2.24) is 15.2 Å². The van der Waals surface area contributed by atoms with E-state index in [0.29, 0.717) is 23.2 Å². The molecule has 0 aliphatic heterocycles. The van der Waals surface area contributed by atoms with E-state index in [1.165, 1.54) is 0 Å². The number of fused-ring (bicyclic) bond motifs is 1. The molecule has 114 valence electrons. The minimum atomic E-state index is 0.304. The first kappa shape index (κ1) is 15.9. The molecule has 6 heteroatoms. The van der Waals surface area contributed by atoms with Crippen LogP contribution in [0.5, 0.6) is 5.88 Å². The van der Waals surface area contributed by atoms with Gasteiger partial charge in [-0.15, -0.1) is 10.2 Å². The second-order valence-electron chi connectivity index (χ2n) is 5.06. The van der Waals surface area contributed by atoms with Crippen LogP contribution in [-0.2, 0) is 0 Å². The highest BCUT2D eigenvalue weighted by Gasteiger charge is 2.21.